The van der Waals surface area contributed by atoms with E-state index in [1.807, 2.05) is 0 Å². The van der Waals surface area contributed by atoms with E-state index in [-0.39, 0.29) is 11.9 Å². The van der Waals surface area contributed by atoms with Crippen LogP contribution in [0, 0.1) is 0 Å². The Morgan fingerprint density at radius 2 is 1.91 bits per heavy atom. The lowest BCUT2D eigenvalue weighted by molar-refractivity contribution is -0.141. The molecule has 0 saturated carbocycles. The van der Waals surface area contributed by atoms with Gasteiger partial charge in [-0.3, -0.25) is 9.59 Å². The molecule has 0 aromatic heterocycles. The van der Waals surface area contributed by atoms with E-state index in [0.29, 0.717) is 25.8 Å². The number of ether oxygens (including phenoxy) is 1. The van der Waals surface area contributed by atoms with Crippen molar-refractivity contribution in [3.05, 3.63) is 34.9 Å². The molecule has 4 nitrogen and oxygen atoms in total. The molecule has 0 N–H and O–H groups in total. The number of methoxy groups -OCH3 is 1. The van der Waals surface area contributed by atoms with Gasteiger partial charge in [0, 0.05) is 20.0 Å². The van der Waals surface area contributed by atoms with Gasteiger partial charge in [0.25, 0.3) is 0 Å². The van der Waals surface area contributed by atoms with Gasteiger partial charge in [-0.05, 0) is 48.8 Å². The van der Waals surface area contributed by atoms with Gasteiger partial charge >= 0.3 is 5.97 Å². The molecule has 1 aliphatic rings. The number of rotatable bonds is 6. The Kier molecular flexibility index (Phi) is 5.99. The second-order valence-corrected chi connectivity index (χ2v) is 5.98. The summed E-state index contributed by atoms with van der Waals surface area (Å²) in [5, 5.41) is 0. The predicted octanol–water partition coefficient (Wildman–Crippen LogP) is 2.52. The van der Waals surface area contributed by atoms with Crippen LogP contribution in [-0.4, -0.2) is 37.5 Å². The number of hydrogen-bond donors (Lipinski definition) is 0. The summed E-state index contributed by atoms with van der Waals surface area (Å²) in [6.07, 6.45) is 6.24. The number of carbonyl (C=O) groups excluding carboxylic acids is 2. The molecule has 0 fully saturated rings. The van der Waals surface area contributed by atoms with Crippen LogP contribution in [0.15, 0.2) is 18.2 Å². The second kappa shape index (κ2) is 7.97. The van der Waals surface area contributed by atoms with Gasteiger partial charge in [-0.25, -0.2) is 0 Å². The minimum atomic E-state index is -0.226. The standard InChI is InChI=1S/C18H25NO3/c1-19(11-5-8-18(21)22-2)17(20)13-14-9-10-15-6-3-4-7-16(15)12-14/h9-10,12H,3-8,11,13H2,1-2H3. The average Bonchev–Trinajstić information content (AvgIpc) is 2.54. The molecule has 120 valence electrons. The fourth-order valence-corrected chi connectivity index (χ4v) is 2.89. The number of amides is 1. The van der Waals surface area contributed by atoms with Crippen molar-refractivity contribution in [1.82, 2.24) is 4.90 Å². The van der Waals surface area contributed by atoms with Crippen molar-refractivity contribution in [2.75, 3.05) is 20.7 Å². The Bertz CT molecular complexity index is 539. The molecule has 2 rings (SSSR count). The van der Waals surface area contributed by atoms with Gasteiger partial charge in [-0.15, -0.1) is 0 Å². The van der Waals surface area contributed by atoms with Crippen molar-refractivity contribution in [3.8, 4) is 0 Å². The van der Waals surface area contributed by atoms with Crippen LogP contribution in [0.1, 0.15) is 42.4 Å². The summed E-state index contributed by atoms with van der Waals surface area (Å²) >= 11 is 0. The van der Waals surface area contributed by atoms with E-state index in [9.17, 15) is 9.59 Å². The first kappa shape index (κ1) is 16.5. The monoisotopic (exact) mass is 303 g/mol. The van der Waals surface area contributed by atoms with E-state index < -0.39 is 0 Å². The maximum absolute atomic E-state index is 12.2. The second-order valence-electron chi connectivity index (χ2n) is 5.98. The smallest absolute Gasteiger partial charge is 0.305 e. The zero-order valence-electron chi connectivity index (χ0n) is 13.6. The summed E-state index contributed by atoms with van der Waals surface area (Å²) in [4.78, 5) is 25.0. The van der Waals surface area contributed by atoms with Crippen LogP contribution in [0.25, 0.3) is 0 Å². The molecule has 22 heavy (non-hydrogen) atoms. The number of esters is 1. The van der Waals surface area contributed by atoms with Gasteiger partial charge in [0.1, 0.15) is 0 Å². The third-order valence-corrected chi connectivity index (χ3v) is 4.30. The first-order valence-electron chi connectivity index (χ1n) is 8.01. The van der Waals surface area contributed by atoms with Crippen LogP contribution >= 0.6 is 0 Å². The Labute approximate surface area is 132 Å². The van der Waals surface area contributed by atoms with E-state index in [0.717, 1.165) is 18.4 Å². The Morgan fingerprint density at radius 1 is 1.18 bits per heavy atom. The number of hydrogen-bond acceptors (Lipinski definition) is 3. The number of nitrogens with zero attached hydrogens (tertiary/aromatic N) is 1. The van der Waals surface area contributed by atoms with Crippen LogP contribution < -0.4 is 0 Å². The summed E-state index contributed by atoms with van der Waals surface area (Å²) in [7, 11) is 3.17. The molecule has 1 aliphatic carbocycles. The van der Waals surface area contributed by atoms with E-state index >= 15 is 0 Å². The molecule has 1 amide bonds. The highest BCUT2D eigenvalue weighted by Gasteiger charge is 2.13. The highest BCUT2D eigenvalue weighted by Crippen LogP contribution is 2.22. The fraction of sp³-hybridized carbons (Fsp3) is 0.556. The highest BCUT2D eigenvalue weighted by molar-refractivity contribution is 5.78. The lowest BCUT2D eigenvalue weighted by Crippen LogP contribution is -2.29. The molecule has 0 spiro atoms. The molecule has 0 radical (unpaired) electrons. The first-order valence-corrected chi connectivity index (χ1v) is 8.01. The number of likely N-dealkylation sites (N-methyl/N-ethyl adjacent to an activating group) is 1. The molecule has 1 aromatic carbocycles. The summed E-state index contributed by atoms with van der Waals surface area (Å²) < 4.78 is 4.60. The quantitative estimate of drug-likeness (QED) is 0.759. The number of fused-ring (bicyclic) bond motifs is 1. The van der Waals surface area contributed by atoms with Crippen LogP contribution in [0.5, 0.6) is 0 Å². The van der Waals surface area contributed by atoms with Crippen molar-refractivity contribution in [2.24, 2.45) is 0 Å². The van der Waals surface area contributed by atoms with Crippen molar-refractivity contribution in [1.29, 1.82) is 0 Å². The van der Waals surface area contributed by atoms with Crippen LogP contribution in [0.3, 0.4) is 0 Å². The number of aryl methyl sites for hydroxylation is 2. The van der Waals surface area contributed by atoms with Crippen LogP contribution in [-0.2, 0) is 33.6 Å². The van der Waals surface area contributed by atoms with Gasteiger partial charge in [0.2, 0.25) is 5.91 Å². The van der Waals surface area contributed by atoms with Crippen LogP contribution in [0.2, 0.25) is 0 Å². The van der Waals surface area contributed by atoms with Crippen molar-refractivity contribution >= 4 is 11.9 Å². The zero-order chi connectivity index (χ0) is 15.9. The van der Waals surface area contributed by atoms with E-state index in [1.54, 1.807) is 11.9 Å². The third kappa shape index (κ3) is 4.58. The molecule has 0 aliphatic heterocycles. The molecular weight excluding hydrogens is 278 g/mol. The Balaban J connectivity index is 1.84. The normalized spacial score (nSPS) is 13.4. The molecule has 1 aromatic rings. The summed E-state index contributed by atoms with van der Waals surface area (Å²) in [6.45, 7) is 0.582. The average molecular weight is 303 g/mol. The predicted molar refractivity (Wildman–Crippen MR) is 85.7 cm³/mol. The fourth-order valence-electron chi connectivity index (χ4n) is 2.89. The molecular formula is C18H25NO3. The van der Waals surface area contributed by atoms with E-state index in [4.69, 9.17) is 0 Å². The number of carbonyl (C=O) groups is 2. The largest absolute Gasteiger partial charge is 0.469 e. The molecule has 0 heterocycles. The molecule has 0 saturated heterocycles. The Morgan fingerprint density at radius 3 is 2.64 bits per heavy atom. The third-order valence-electron chi connectivity index (χ3n) is 4.30. The van der Waals surface area contributed by atoms with Gasteiger partial charge < -0.3 is 9.64 Å². The SMILES string of the molecule is COC(=O)CCCN(C)C(=O)Cc1ccc2c(c1)CCCC2. The minimum Gasteiger partial charge on any atom is -0.469 e. The molecule has 0 atom stereocenters. The van der Waals surface area contributed by atoms with E-state index in [2.05, 4.69) is 22.9 Å². The van der Waals surface area contributed by atoms with Crippen molar-refractivity contribution < 1.29 is 14.3 Å². The lowest BCUT2D eigenvalue weighted by atomic mass is 9.90. The van der Waals surface area contributed by atoms with Gasteiger partial charge in [-0.2, -0.15) is 0 Å². The summed E-state index contributed by atoms with van der Waals surface area (Å²) in [5.41, 5.74) is 3.93. The molecule has 0 unspecified atom stereocenters. The maximum Gasteiger partial charge on any atom is 0.305 e. The Hall–Kier alpha value is -1.84. The van der Waals surface area contributed by atoms with Crippen molar-refractivity contribution in [3.63, 3.8) is 0 Å². The summed E-state index contributed by atoms with van der Waals surface area (Å²) in [6, 6.07) is 6.44. The molecule has 4 heteroatoms. The maximum atomic E-state index is 12.2. The highest BCUT2D eigenvalue weighted by atomic mass is 16.5. The lowest BCUT2D eigenvalue weighted by Gasteiger charge is -2.19. The minimum absolute atomic E-state index is 0.0978. The van der Waals surface area contributed by atoms with Gasteiger partial charge in [0.05, 0.1) is 13.5 Å². The van der Waals surface area contributed by atoms with Gasteiger partial charge in [0.15, 0.2) is 0 Å². The topological polar surface area (TPSA) is 46.6 Å². The molecule has 0 bridgehead atoms. The van der Waals surface area contributed by atoms with Gasteiger partial charge in [-0.1, -0.05) is 18.2 Å². The first-order chi connectivity index (χ1) is 10.6. The van der Waals surface area contributed by atoms with Crippen molar-refractivity contribution in [2.45, 2.75) is 44.9 Å². The summed E-state index contributed by atoms with van der Waals surface area (Å²) in [5.74, 6) is -0.129. The van der Waals surface area contributed by atoms with E-state index in [1.165, 1.54) is 31.1 Å². The van der Waals surface area contributed by atoms with Crippen LogP contribution in [0.4, 0.5) is 0 Å². The number of benzene rings is 1. The zero-order valence-corrected chi connectivity index (χ0v) is 13.6.